The molecule has 0 aliphatic carbocycles. The second-order valence-electron chi connectivity index (χ2n) is 5.28. The molecule has 0 spiro atoms. The van der Waals surface area contributed by atoms with Gasteiger partial charge in [-0.1, -0.05) is 52.6 Å². The summed E-state index contributed by atoms with van der Waals surface area (Å²) >= 11 is 6.89. The zero-order valence-electron chi connectivity index (χ0n) is 9.93. The van der Waals surface area contributed by atoms with Gasteiger partial charge in [0.2, 0.25) is 0 Å². The largest absolute Gasteiger partial charge is 0.388 e. The molecule has 0 aliphatic heterocycles. The van der Waals surface area contributed by atoms with Gasteiger partial charge in [-0.2, -0.15) is 0 Å². The lowest BCUT2D eigenvalue weighted by atomic mass is 9.88. The van der Waals surface area contributed by atoms with Crippen molar-refractivity contribution in [1.29, 1.82) is 0 Å². The Morgan fingerprint density at radius 2 is 1.88 bits per heavy atom. The highest BCUT2D eigenvalue weighted by atomic mass is 79.9. The first-order valence-corrected chi connectivity index (χ1v) is 7.01. The van der Waals surface area contributed by atoms with Crippen LogP contribution in [-0.4, -0.2) is 5.11 Å². The Balaban J connectivity index is 2.73. The second kappa shape index (κ2) is 5.65. The van der Waals surface area contributed by atoms with Crippen molar-refractivity contribution in [3.8, 4) is 0 Å². The third kappa shape index (κ3) is 4.56. The summed E-state index contributed by atoms with van der Waals surface area (Å²) in [5.74, 6) is 0. The predicted octanol–water partition coefficient (Wildman–Crippen LogP) is 5.07. The average molecular weight is 350 g/mol. The third-order valence-corrected chi connectivity index (χ3v) is 3.70. The molecule has 0 radical (unpaired) electrons. The minimum atomic E-state index is -0.397. The van der Waals surface area contributed by atoms with E-state index in [-0.39, 0.29) is 5.41 Å². The Morgan fingerprint density at radius 3 is 2.44 bits per heavy atom. The van der Waals surface area contributed by atoms with Gasteiger partial charge in [0.25, 0.3) is 0 Å². The summed E-state index contributed by atoms with van der Waals surface area (Å²) in [5, 5.41) is 10.1. The minimum Gasteiger partial charge on any atom is -0.388 e. The van der Waals surface area contributed by atoms with Gasteiger partial charge in [0.1, 0.15) is 0 Å². The van der Waals surface area contributed by atoms with E-state index in [1.165, 1.54) is 0 Å². The standard InChI is InChI=1S/C13H18Br2O/c1-13(2,3)7-6-12(16)10-8-9(14)4-5-11(10)15/h4-5,8,12,16H,6-7H2,1-3H3. The van der Waals surface area contributed by atoms with E-state index in [4.69, 9.17) is 0 Å². The van der Waals surface area contributed by atoms with Crippen LogP contribution in [-0.2, 0) is 0 Å². The summed E-state index contributed by atoms with van der Waals surface area (Å²) in [6.07, 6.45) is 1.40. The summed E-state index contributed by atoms with van der Waals surface area (Å²) in [6.45, 7) is 6.57. The summed E-state index contributed by atoms with van der Waals surface area (Å²) in [6, 6.07) is 5.89. The lowest BCUT2D eigenvalue weighted by molar-refractivity contribution is 0.147. The number of halogens is 2. The van der Waals surface area contributed by atoms with Crippen LogP contribution in [0.3, 0.4) is 0 Å². The van der Waals surface area contributed by atoms with Crippen molar-refractivity contribution in [1.82, 2.24) is 0 Å². The predicted molar refractivity (Wildman–Crippen MR) is 75.5 cm³/mol. The molecule has 1 rings (SSSR count). The highest BCUT2D eigenvalue weighted by molar-refractivity contribution is 9.11. The van der Waals surface area contributed by atoms with Crippen LogP contribution in [0.1, 0.15) is 45.3 Å². The molecule has 16 heavy (non-hydrogen) atoms. The van der Waals surface area contributed by atoms with Crippen LogP contribution >= 0.6 is 31.9 Å². The summed E-state index contributed by atoms with van der Waals surface area (Å²) in [5.41, 5.74) is 1.22. The summed E-state index contributed by atoms with van der Waals surface area (Å²) < 4.78 is 1.97. The van der Waals surface area contributed by atoms with Gasteiger partial charge < -0.3 is 5.11 Å². The molecule has 3 heteroatoms. The van der Waals surface area contributed by atoms with Crippen molar-refractivity contribution in [2.75, 3.05) is 0 Å². The van der Waals surface area contributed by atoms with Gasteiger partial charge in [-0.3, -0.25) is 0 Å². The van der Waals surface area contributed by atoms with Gasteiger partial charge in [-0.15, -0.1) is 0 Å². The Bertz CT molecular complexity index is 355. The first-order chi connectivity index (χ1) is 7.29. The fourth-order valence-corrected chi connectivity index (χ4v) is 2.38. The fraction of sp³-hybridized carbons (Fsp3) is 0.538. The van der Waals surface area contributed by atoms with E-state index in [9.17, 15) is 5.11 Å². The van der Waals surface area contributed by atoms with E-state index >= 15 is 0 Å². The van der Waals surface area contributed by atoms with Gasteiger partial charge >= 0.3 is 0 Å². The van der Waals surface area contributed by atoms with Crippen LogP contribution in [0.25, 0.3) is 0 Å². The molecule has 0 saturated carbocycles. The van der Waals surface area contributed by atoms with Gasteiger partial charge in [0.15, 0.2) is 0 Å². The maximum atomic E-state index is 10.1. The first kappa shape index (κ1) is 14.2. The quantitative estimate of drug-likeness (QED) is 0.807. The van der Waals surface area contributed by atoms with Crippen molar-refractivity contribution in [2.24, 2.45) is 5.41 Å². The smallest absolute Gasteiger partial charge is 0.0801 e. The molecule has 0 saturated heterocycles. The monoisotopic (exact) mass is 348 g/mol. The zero-order valence-corrected chi connectivity index (χ0v) is 13.1. The average Bonchev–Trinajstić information content (AvgIpc) is 2.17. The molecule has 1 atom stereocenters. The van der Waals surface area contributed by atoms with Crippen molar-refractivity contribution < 1.29 is 5.11 Å². The number of aliphatic hydroxyl groups is 1. The molecule has 0 fully saturated rings. The third-order valence-electron chi connectivity index (χ3n) is 2.48. The number of rotatable bonds is 3. The fourth-order valence-electron chi connectivity index (χ4n) is 1.50. The minimum absolute atomic E-state index is 0.263. The molecule has 0 bridgehead atoms. The molecule has 1 aromatic carbocycles. The van der Waals surface area contributed by atoms with E-state index in [0.29, 0.717) is 0 Å². The van der Waals surface area contributed by atoms with Crippen molar-refractivity contribution in [2.45, 2.75) is 39.7 Å². The number of aliphatic hydroxyl groups excluding tert-OH is 1. The molecule has 1 nitrogen and oxygen atoms in total. The molecule has 0 heterocycles. The molecule has 1 N–H and O–H groups in total. The van der Waals surface area contributed by atoms with E-state index < -0.39 is 6.10 Å². The number of benzene rings is 1. The highest BCUT2D eigenvalue weighted by Gasteiger charge is 2.16. The molecule has 90 valence electrons. The Hall–Kier alpha value is 0.140. The van der Waals surface area contributed by atoms with E-state index in [1.54, 1.807) is 0 Å². The molecule has 1 aromatic rings. The lowest BCUT2D eigenvalue weighted by Crippen LogP contribution is -2.08. The zero-order chi connectivity index (χ0) is 12.3. The number of hydrogen-bond acceptors (Lipinski definition) is 1. The van der Waals surface area contributed by atoms with E-state index in [2.05, 4.69) is 52.6 Å². The van der Waals surface area contributed by atoms with Crippen LogP contribution in [0, 0.1) is 5.41 Å². The summed E-state index contributed by atoms with van der Waals surface area (Å²) in [4.78, 5) is 0. The van der Waals surface area contributed by atoms with Gasteiger partial charge in [0.05, 0.1) is 6.10 Å². The molecular formula is C13H18Br2O. The van der Waals surface area contributed by atoms with Gasteiger partial charge in [-0.05, 0) is 42.0 Å². The van der Waals surface area contributed by atoms with Crippen LogP contribution in [0.15, 0.2) is 27.1 Å². The van der Waals surface area contributed by atoms with Gasteiger partial charge in [-0.25, -0.2) is 0 Å². The maximum Gasteiger partial charge on any atom is 0.0801 e. The summed E-state index contributed by atoms with van der Waals surface area (Å²) in [7, 11) is 0. The van der Waals surface area contributed by atoms with Crippen molar-refractivity contribution in [3.63, 3.8) is 0 Å². The normalized spacial score (nSPS) is 13.9. The Morgan fingerprint density at radius 1 is 1.25 bits per heavy atom. The first-order valence-electron chi connectivity index (χ1n) is 5.42. The Labute approximate surface area is 115 Å². The topological polar surface area (TPSA) is 20.2 Å². The number of hydrogen-bond donors (Lipinski definition) is 1. The second-order valence-corrected chi connectivity index (χ2v) is 7.05. The lowest BCUT2D eigenvalue weighted by Gasteiger charge is -2.21. The van der Waals surface area contributed by atoms with Crippen LogP contribution in [0.5, 0.6) is 0 Å². The van der Waals surface area contributed by atoms with Crippen molar-refractivity contribution in [3.05, 3.63) is 32.7 Å². The van der Waals surface area contributed by atoms with Crippen LogP contribution < -0.4 is 0 Å². The molecule has 0 aliphatic rings. The van der Waals surface area contributed by atoms with E-state index in [1.807, 2.05) is 18.2 Å². The van der Waals surface area contributed by atoms with Crippen molar-refractivity contribution >= 4 is 31.9 Å². The molecule has 0 aromatic heterocycles. The van der Waals surface area contributed by atoms with Gasteiger partial charge in [0, 0.05) is 8.95 Å². The molecule has 0 amide bonds. The van der Waals surface area contributed by atoms with Crippen LogP contribution in [0.2, 0.25) is 0 Å². The van der Waals surface area contributed by atoms with E-state index in [0.717, 1.165) is 27.4 Å². The Kier molecular flexibility index (Phi) is 5.02. The highest BCUT2D eigenvalue weighted by Crippen LogP contribution is 2.32. The maximum absolute atomic E-state index is 10.1. The SMILES string of the molecule is CC(C)(C)CCC(O)c1cc(Br)ccc1Br. The van der Waals surface area contributed by atoms with Crippen LogP contribution in [0.4, 0.5) is 0 Å². The molecular weight excluding hydrogens is 332 g/mol. The molecule has 1 unspecified atom stereocenters.